The highest BCUT2D eigenvalue weighted by Gasteiger charge is 2.07. The van der Waals surface area contributed by atoms with Gasteiger partial charge in [0.15, 0.2) is 4.77 Å². The van der Waals surface area contributed by atoms with Gasteiger partial charge in [0.05, 0.1) is 6.42 Å². The first kappa shape index (κ1) is 9.66. The Morgan fingerprint density at radius 1 is 1.54 bits per heavy atom. The van der Waals surface area contributed by atoms with Crippen LogP contribution in [-0.4, -0.2) is 15.9 Å². The number of aryl methyl sites for hydroxylation is 1. The van der Waals surface area contributed by atoms with Gasteiger partial charge in [-0.1, -0.05) is 0 Å². The molecule has 1 aromatic rings. The van der Waals surface area contributed by atoms with Crippen molar-refractivity contribution in [2.45, 2.75) is 13.3 Å². The highest BCUT2D eigenvalue weighted by atomic mass is 32.1. The van der Waals surface area contributed by atoms with E-state index in [2.05, 4.69) is 9.97 Å². The van der Waals surface area contributed by atoms with Gasteiger partial charge in [0.25, 0.3) is 5.56 Å². The molecule has 4 N–H and O–H groups in total. The number of nitrogens with two attached hydrogens (primary N) is 1. The van der Waals surface area contributed by atoms with E-state index in [1.807, 2.05) is 0 Å². The van der Waals surface area contributed by atoms with E-state index in [0.29, 0.717) is 11.3 Å². The van der Waals surface area contributed by atoms with Crippen molar-refractivity contribution in [1.29, 1.82) is 0 Å². The highest BCUT2D eigenvalue weighted by molar-refractivity contribution is 7.71. The number of primary amides is 1. The summed E-state index contributed by atoms with van der Waals surface area (Å²) < 4.78 is 0.246. The summed E-state index contributed by atoms with van der Waals surface area (Å²) in [5, 5.41) is 0. The van der Waals surface area contributed by atoms with Gasteiger partial charge in [-0.15, -0.1) is 0 Å². The van der Waals surface area contributed by atoms with Crippen molar-refractivity contribution in [2.75, 3.05) is 0 Å². The lowest BCUT2D eigenvalue weighted by atomic mass is 10.2. The molecule has 0 aliphatic carbocycles. The maximum absolute atomic E-state index is 11.2. The van der Waals surface area contributed by atoms with E-state index in [-0.39, 0.29) is 16.8 Å². The molecule has 70 valence electrons. The summed E-state index contributed by atoms with van der Waals surface area (Å²) in [6.07, 6.45) is -0.0761. The summed E-state index contributed by atoms with van der Waals surface area (Å²) in [7, 11) is 0. The molecular weight excluding hydrogens is 190 g/mol. The number of hydrogen-bond acceptors (Lipinski definition) is 3. The SMILES string of the molecule is Cc1[nH]c(=S)[nH]c(=O)c1CC(N)=O. The van der Waals surface area contributed by atoms with E-state index in [1.54, 1.807) is 6.92 Å². The van der Waals surface area contributed by atoms with Crippen molar-refractivity contribution < 1.29 is 4.79 Å². The van der Waals surface area contributed by atoms with E-state index in [9.17, 15) is 9.59 Å². The smallest absolute Gasteiger partial charge is 0.255 e. The average molecular weight is 199 g/mol. The standard InChI is InChI=1S/C7H9N3O2S/c1-3-4(2-5(8)11)6(12)10-7(13)9-3/h2H2,1H3,(H2,8,11)(H2,9,10,12,13). The summed E-state index contributed by atoms with van der Waals surface area (Å²) in [5.74, 6) is -0.542. The highest BCUT2D eigenvalue weighted by Crippen LogP contribution is 1.97. The van der Waals surface area contributed by atoms with Gasteiger partial charge in [-0.05, 0) is 19.1 Å². The first-order chi connectivity index (χ1) is 6.00. The molecule has 0 fully saturated rings. The maximum Gasteiger partial charge on any atom is 0.255 e. The van der Waals surface area contributed by atoms with Crippen LogP contribution in [0, 0.1) is 11.7 Å². The van der Waals surface area contributed by atoms with Crippen molar-refractivity contribution >= 4 is 18.1 Å². The monoisotopic (exact) mass is 199 g/mol. The van der Waals surface area contributed by atoms with Gasteiger partial charge in [0.1, 0.15) is 0 Å². The largest absolute Gasteiger partial charge is 0.369 e. The Hall–Kier alpha value is -1.43. The minimum absolute atomic E-state index is 0.0761. The zero-order valence-electron chi connectivity index (χ0n) is 7.01. The lowest BCUT2D eigenvalue weighted by Crippen LogP contribution is -2.23. The molecule has 1 heterocycles. The quantitative estimate of drug-likeness (QED) is 0.574. The molecule has 1 amide bonds. The third-order valence-electron chi connectivity index (χ3n) is 1.61. The second kappa shape index (κ2) is 3.53. The second-order valence-corrected chi connectivity index (χ2v) is 3.06. The molecule has 6 heteroatoms. The number of hydrogen-bond donors (Lipinski definition) is 3. The van der Waals surface area contributed by atoms with Crippen LogP contribution in [0.3, 0.4) is 0 Å². The molecule has 0 aliphatic heterocycles. The zero-order chi connectivity index (χ0) is 10.0. The lowest BCUT2D eigenvalue weighted by Gasteiger charge is -2.00. The molecule has 0 atom stereocenters. The number of aromatic amines is 2. The molecular formula is C7H9N3O2S. The Morgan fingerprint density at radius 3 is 2.62 bits per heavy atom. The maximum atomic E-state index is 11.2. The van der Waals surface area contributed by atoms with Crippen LogP contribution in [0.25, 0.3) is 0 Å². The normalized spacial score (nSPS) is 9.92. The minimum Gasteiger partial charge on any atom is -0.369 e. The van der Waals surface area contributed by atoms with E-state index in [0.717, 1.165) is 0 Å². The number of rotatable bonds is 2. The fourth-order valence-electron chi connectivity index (χ4n) is 1.01. The third-order valence-corrected chi connectivity index (χ3v) is 1.81. The molecule has 5 nitrogen and oxygen atoms in total. The van der Waals surface area contributed by atoms with Crippen molar-refractivity contribution in [1.82, 2.24) is 9.97 Å². The fraction of sp³-hybridized carbons (Fsp3) is 0.286. The van der Waals surface area contributed by atoms with Crippen molar-refractivity contribution in [3.8, 4) is 0 Å². The van der Waals surface area contributed by atoms with Gasteiger partial charge in [0.2, 0.25) is 5.91 Å². The topological polar surface area (TPSA) is 91.7 Å². The molecule has 0 radical (unpaired) electrons. The summed E-state index contributed by atoms with van der Waals surface area (Å²) in [5.41, 5.74) is 5.52. The number of H-pyrrole nitrogens is 2. The Bertz CT molecular complexity index is 446. The predicted octanol–water partition coefficient (Wildman–Crippen LogP) is -0.231. The van der Waals surface area contributed by atoms with Crippen LogP contribution < -0.4 is 11.3 Å². The fourth-order valence-corrected chi connectivity index (χ4v) is 1.26. The van der Waals surface area contributed by atoms with Crippen molar-refractivity contribution in [3.63, 3.8) is 0 Å². The van der Waals surface area contributed by atoms with Gasteiger partial charge in [0, 0.05) is 11.3 Å². The molecule has 0 aliphatic rings. The van der Waals surface area contributed by atoms with E-state index >= 15 is 0 Å². The van der Waals surface area contributed by atoms with Crippen LogP contribution >= 0.6 is 12.2 Å². The molecule has 0 saturated carbocycles. The van der Waals surface area contributed by atoms with Crippen LogP contribution in [0.15, 0.2) is 4.79 Å². The molecule has 0 saturated heterocycles. The summed E-state index contributed by atoms with van der Waals surface area (Å²) in [6.45, 7) is 1.67. The number of carbonyl (C=O) groups is 1. The summed E-state index contributed by atoms with van der Waals surface area (Å²) in [4.78, 5) is 27.0. The summed E-state index contributed by atoms with van der Waals surface area (Å²) in [6, 6.07) is 0. The van der Waals surface area contributed by atoms with Crippen LogP contribution in [0.1, 0.15) is 11.3 Å². The van der Waals surface area contributed by atoms with Gasteiger partial charge < -0.3 is 10.7 Å². The average Bonchev–Trinajstić information content (AvgIpc) is 1.96. The Morgan fingerprint density at radius 2 is 2.15 bits per heavy atom. The Kier molecular flexibility index (Phi) is 2.62. The molecule has 1 aromatic heterocycles. The van der Waals surface area contributed by atoms with Crippen LogP contribution in [0.2, 0.25) is 0 Å². The minimum atomic E-state index is -0.542. The van der Waals surface area contributed by atoms with Gasteiger partial charge in [-0.2, -0.15) is 0 Å². The summed E-state index contributed by atoms with van der Waals surface area (Å²) >= 11 is 4.73. The van der Waals surface area contributed by atoms with Gasteiger partial charge >= 0.3 is 0 Å². The lowest BCUT2D eigenvalue weighted by molar-refractivity contribution is -0.117. The number of carbonyl (C=O) groups excluding carboxylic acids is 1. The molecule has 13 heavy (non-hydrogen) atoms. The zero-order valence-corrected chi connectivity index (χ0v) is 7.83. The first-order valence-electron chi connectivity index (χ1n) is 3.61. The molecule has 0 bridgehead atoms. The number of nitrogens with one attached hydrogen (secondary N) is 2. The van der Waals surface area contributed by atoms with Gasteiger partial charge in [-0.25, -0.2) is 0 Å². The Balaban J connectivity index is 3.29. The van der Waals surface area contributed by atoms with Crippen molar-refractivity contribution in [3.05, 3.63) is 26.4 Å². The third kappa shape index (κ3) is 2.25. The predicted molar refractivity (Wildman–Crippen MR) is 49.9 cm³/mol. The first-order valence-corrected chi connectivity index (χ1v) is 4.02. The van der Waals surface area contributed by atoms with E-state index in [4.69, 9.17) is 18.0 Å². The molecule has 0 aromatic carbocycles. The van der Waals surface area contributed by atoms with Crippen LogP contribution in [0.5, 0.6) is 0 Å². The molecule has 0 spiro atoms. The molecule has 1 rings (SSSR count). The van der Waals surface area contributed by atoms with Crippen LogP contribution in [-0.2, 0) is 11.2 Å². The van der Waals surface area contributed by atoms with E-state index < -0.39 is 5.91 Å². The Labute approximate surface area is 79.0 Å². The van der Waals surface area contributed by atoms with Crippen molar-refractivity contribution in [2.24, 2.45) is 5.73 Å². The van der Waals surface area contributed by atoms with E-state index in [1.165, 1.54) is 0 Å². The number of amides is 1. The van der Waals surface area contributed by atoms with Crippen LogP contribution in [0.4, 0.5) is 0 Å². The molecule has 0 unspecified atom stereocenters. The number of aromatic nitrogens is 2. The van der Waals surface area contributed by atoms with Gasteiger partial charge in [-0.3, -0.25) is 14.6 Å². The second-order valence-electron chi connectivity index (χ2n) is 2.65.